The van der Waals surface area contributed by atoms with Gasteiger partial charge in [-0.15, -0.1) is 0 Å². The second-order valence-corrected chi connectivity index (χ2v) is 23.6. The van der Waals surface area contributed by atoms with Crippen LogP contribution < -0.4 is 0 Å². The summed E-state index contributed by atoms with van der Waals surface area (Å²) in [4.78, 5) is 0. The minimum atomic E-state index is -1.74. The highest BCUT2D eigenvalue weighted by Gasteiger charge is 2.64. The molecule has 5 aliphatic heterocycles. The third-order valence-electron chi connectivity index (χ3n) is 19.1. The Hall–Kier alpha value is -1.56. The Balaban J connectivity index is 0.865. The van der Waals surface area contributed by atoms with E-state index < -0.39 is 142 Å². The van der Waals surface area contributed by atoms with Crippen LogP contribution in [0.3, 0.4) is 0 Å². The molecular formula is C52H84O22. The van der Waals surface area contributed by atoms with Crippen LogP contribution in [0.2, 0.25) is 0 Å². The van der Waals surface area contributed by atoms with E-state index in [2.05, 4.69) is 26.8 Å². The van der Waals surface area contributed by atoms with Crippen molar-refractivity contribution in [3.8, 4) is 0 Å². The summed E-state index contributed by atoms with van der Waals surface area (Å²) in [7, 11) is 1.67. The summed E-state index contributed by atoms with van der Waals surface area (Å²) in [5.74, 6) is 2.26. The molecule has 5 heterocycles. The summed E-state index contributed by atoms with van der Waals surface area (Å²) in [5, 5.41) is 127. The minimum Gasteiger partial charge on any atom is -0.491 e. The van der Waals surface area contributed by atoms with E-state index in [0.717, 1.165) is 37.9 Å². The van der Waals surface area contributed by atoms with Crippen molar-refractivity contribution in [3.63, 3.8) is 0 Å². The Morgan fingerprint density at radius 3 is 1.88 bits per heavy atom. The molecule has 0 radical (unpaired) electrons. The molecule has 9 rings (SSSR count). The maximum atomic E-state index is 12.1. The lowest BCUT2D eigenvalue weighted by Gasteiger charge is -2.58. The molecule has 0 aromatic rings. The fraction of sp³-hybridized carbons (Fsp3) is 0.923. The molecule has 22 nitrogen and oxygen atoms in total. The molecular weight excluding hydrogens is 977 g/mol. The predicted molar refractivity (Wildman–Crippen MR) is 254 cm³/mol. The van der Waals surface area contributed by atoms with Crippen molar-refractivity contribution in [1.82, 2.24) is 0 Å². The number of aliphatic hydroxyl groups excluding tert-OH is 12. The Labute approximate surface area is 432 Å². The number of fused-ring (bicyclic) bond motifs is 7. The lowest BCUT2D eigenvalue weighted by Crippen LogP contribution is -2.66. The molecule has 30 atom stereocenters. The molecule has 0 aromatic heterocycles. The molecule has 9 aliphatic rings. The molecule has 0 amide bonds. The smallest absolute Gasteiger partial charge is 0.187 e. The SMILES string of the molecule is CO[C@H](C[C@H](C)CO[C@@H]1O[C@H](CO)[C@@H](O)[C@H](O)[C@H]1O)C1=C(C)[C@H]2[C@H](C[C@H]3[C@@H]4CC=C5C[C@@H](O[C@@H]6O[C@H](CO)[C@@H](O[C@@H]7O[C@@H](C)[C@H](O)[C@@H](O)[C@H]7O)[C@H](O)[C@H]6O[C@@H]6O[C@@H](C)[C@H](O)[C@@H](O)[C@H]6O)CC[C@]5(C)[C@H]4CC[C@@]32C)O1. The predicted octanol–water partition coefficient (Wildman–Crippen LogP) is -1.41. The molecule has 3 saturated carbocycles. The fourth-order valence-electron chi connectivity index (χ4n) is 14.8. The van der Waals surface area contributed by atoms with Gasteiger partial charge in [0.25, 0.3) is 0 Å². The summed E-state index contributed by atoms with van der Waals surface area (Å²) in [6.45, 7) is 10.9. The molecule has 424 valence electrons. The topological polar surface area (TPSA) is 335 Å². The zero-order chi connectivity index (χ0) is 53.5. The van der Waals surface area contributed by atoms with Gasteiger partial charge in [0, 0.05) is 13.0 Å². The fourth-order valence-corrected chi connectivity index (χ4v) is 14.8. The lowest BCUT2D eigenvalue weighted by atomic mass is 9.47. The van der Waals surface area contributed by atoms with Crippen molar-refractivity contribution in [3.05, 3.63) is 23.0 Å². The number of aliphatic hydroxyl groups is 12. The van der Waals surface area contributed by atoms with Crippen LogP contribution in [-0.2, 0) is 47.4 Å². The van der Waals surface area contributed by atoms with Crippen molar-refractivity contribution in [2.45, 2.75) is 234 Å². The highest BCUT2D eigenvalue weighted by molar-refractivity contribution is 5.31. The van der Waals surface area contributed by atoms with Gasteiger partial charge in [0.15, 0.2) is 25.2 Å². The average Bonchev–Trinajstić information content (AvgIpc) is 3.88. The van der Waals surface area contributed by atoms with Crippen LogP contribution in [0, 0.1) is 40.4 Å². The number of allylic oxidation sites excluding steroid dienone is 1. The van der Waals surface area contributed by atoms with E-state index in [1.807, 2.05) is 6.92 Å². The maximum absolute atomic E-state index is 12.1. The number of rotatable bonds is 15. The van der Waals surface area contributed by atoms with E-state index in [4.69, 9.17) is 47.4 Å². The molecule has 4 saturated heterocycles. The molecule has 4 aliphatic carbocycles. The molecule has 22 heteroatoms. The van der Waals surface area contributed by atoms with Crippen LogP contribution in [0.15, 0.2) is 23.0 Å². The molecule has 0 bridgehead atoms. The van der Waals surface area contributed by atoms with Crippen molar-refractivity contribution < 1.29 is 109 Å². The third kappa shape index (κ3) is 10.2. The van der Waals surface area contributed by atoms with Crippen LogP contribution in [0.1, 0.15) is 92.9 Å². The first-order valence-corrected chi connectivity index (χ1v) is 26.9. The zero-order valence-electron chi connectivity index (χ0n) is 43.5. The summed E-state index contributed by atoms with van der Waals surface area (Å²) in [5.41, 5.74) is 2.37. The maximum Gasteiger partial charge on any atom is 0.187 e. The highest BCUT2D eigenvalue weighted by Crippen LogP contribution is 2.69. The van der Waals surface area contributed by atoms with Crippen LogP contribution in [0.25, 0.3) is 0 Å². The molecule has 12 N–H and O–H groups in total. The van der Waals surface area contributed by atoms with E-state index in [0.29, 0.717) is 37.0 Å². The van der Waals surface area contributed by atoms with Gasteiger partial charge in [0.1, 0.15) is 103 Å². The second kappa shape index (κ2) is 22.5. The number of methoxy groups -OCH3 is 1. The molecule has 7 fully saturated rings. The van der Waals surface area contributed by atoms with Gasteiger partial charge < -0.3 is 109 Å². The van der Waals surface area contributed by atoms with Gasteiger partial charge in [-0.3, -0.25) is 0 Å². The standard InChI is InChI=1S/C52H84O22/c1-20(19-66-47-40(61)39(60)36(57)31(17-53)71-47)14-30(65-7)44-21(2)33-29(70-44)16-28-26-9-8-24-15-25(10-12-51(24,5)27(26)11-13-52(28,33)6)69-50-46(74-49-42(63)38(59)35(56)23(4)68-49)43(64)45(32(18-54)72-50)73-48-41(62)37(58)34(55)22(3)67-48/h8,20,22-23,25-43,45-50,53-64H,9-19H2,1-7H3/t20-,22-,23-,25-,26+,27-,28-,29-,30+,31+,32+,33-,34-,35-,36+,37+,38+,39-,40+,41+,42+,43-,45+,46+,47+,48-,49-,50+,51-,52-/m0/s1. The first kappa shape index (κ1) is 57.1. The first-order chi connectivity index (χ1) is 35.1. The number of ether oxygens (including phenoxy) is 10. The number of hydrogen-bond acceptors (Lipinski definition) is 22. The van der Waals surface area contributed by atoms with Crippen LogP contribution >= 0.6 is 0 Å². The van der Waals surface area contributed by atoms with Gasteiger partial charge in [-0.05, 0) is 112 Å². The van der Waals surface area contributed by atoms with Crippen molar-refractivity contribution in [2.75, 3.05) is 26.9 Å². The largest absolute Gasteiger partial charge is 0.491 e. The van der Waals surface area contributed by atoms with Gasteiger partial charge in [-0.25, -0.2) is 0 Å². The van der Waals surface area contributed by atoms with E-state index in [9.17, 15) is 61.3 Å². The normalized spacial score (nSPS) is 52.3. The first-order valence-electron chi connectivity index (χ1n) is 26.9. The highest BCUT2D eigenvalue weighted by atomic mass is 16.8. The Morgan fingerprint density at radius 1 is 0.662 bits per heavy atom. The Morgan fingerprint density at radius 2 is 1.26 bits per heavy atom. The van der Waals surface area contributed by atoms with Crippen LogP contribution in [0.4, 0.5) is 0 Å². The van der Waals surface area contributed by atoms with E-state index in [-0.39, 0.29) is 41.5 Å². The Kier molecular flexibility index (Phi) is 17.4. The van der Waals surface area contributed by atoms with Crippen molar-refractivity contribution in [1.29, 1.82) is 0 Å². The van der Waals surface area contributed by atoms with Gasteiger partial charge in [-0.1, -0.05) is 32.4 Å². The minimum absolute atomic E-state index is 0.00312. The van der Waals surface area contributed by atoms with E-state index >= 15 is 0 Å². The second-order valence-electron chi connectivity index (χ2n) is 23.6. The molecule has 0 unspecified atom stereocenters. The summed E-state index contributed by atoms with van der Waals surface area (Å²) < 4.78 is 61.1. The number of hydrogen-bond donors (Lipinski definition) is 12. The van der Waals surface area contributed by atoms with Crippen LogP contribution in [0.5, 0.6) is 0 Å². The zero-order valence-corrected chi connectivity index (χ0v) is 43.5. The summed E-state index contributed by atoms with van der Waals surface area (Å²) in [6, 6.07) is 0. The summed E-state index contributed by atoms with van der Waals surface area (Å²) >= 11 is 0. The van der Waals surface area contributed by atoms with Crippen LogP contribution in [-0.4, -0.2) is 229 Å². The molecule has 74 heavy (non-hydrogen) atoms. The van der Waals surface area contributed by atoms with Gasteiger partial charge >= 0.3 is 0 Å². The summed E-state index contributed by atoms with van der Waals surface area (Å²) in [6.07, 6.45) is -20.7. The average molecular weight is 1060 g/mol. The van der Waals surface area contributed by atoms with Gasteiger partial charge in [0.2, 0.25) is 0 Å². The Bertz CT molecular complexity index is 1980. The lowest BCUT2D eigenvalue weighted by molar-refractivity contribution is -0.388. The third-order valence-corrected chi connectivity index (χ3v) is 19.1. The monoisotopic (exact) mass is 1060 g/mol. The van der Waals surface area contributed by atoms with Crippen molar-refractivity contribution >= 4 is 0 Å². The molecule has 0 spiro atoms. The van der Waals surface area contributed by atoms with Gasteiger partial charge in [-0.2, -0.15) is 0 Å². The van der Waals surface area contributed by atoms with E-state index in [1.54, 1.807) is 7.11 Å². The quantitative estimate of drug-likeness (QED) is 0.0839. The van der Waals surface area contributed by atoms with E-state index in [1.165, 1.54) is 25.0 Å². The van der Waals surface area contributed by atoms with Crippen molar-refractivity contribution in [2.24, 2.45) is 40.4 Å². The molecule has 0 aromatic carbocycles. The van der Waals surface area contributed by atoms with Gasteiger partial charge in [0.05, 0.1) is 38.1 Å².